The van der Waals surface area contributed by atoms with Crippen LogP contribution in [0.4, 0.5) is 0 Å². The molecule has 0 aromatic carbocycles. The van der Waals surface area contributed by atoms with E-state index in [4.69, 9.17) is 0 Å². The molecule has 0 aliphatic carbocycles. The Labute approximate surface area is 97.8 Å². The summed E-state index contributed by atoms with van der Waals surface area (Å²) in [5.41, 5.74) is 2.06. The van der Waals surface area contributed by atoms with E-state index in [2.05, 4.69) is 25.6 Å². The van der Waals surface area contributed by atoms with Gasteiger partial charge < -0.3 is 5.32 Å². The number of nitrogens with zero attached hydrogens (tertiary/aromatic N) is 3. The van der Waals surface area contributed by atoms with Crippen LogP contribution in [0.2, 0.25) is 0 Å². The molecule has 82 valence electrons. The zero-order chi connectivity index (χ0) is 10.8. The lowest BCUT2D eigenvalue weighted by Crippen LogP contribution is -2.12. The molecule has 1 atom stereocenters. The van der Waals surface area contributed by atoms with Gasteiger partial charge in [-0.2, -0.15) is 0 Å². The third-order valence-electron chi connectivity index (χ3n) is 2.74. The Morgan fingerprint density at radius 1 is 1.44 bits per heavy atom. The summed E-state index contributed by atoms with van der Waals surface area (Å²) in [6.45, 7) is 1.10. The Bertz CT molecular complexity index is 462. The molecular formula is C11H12N4S. The van der Waals surface area contributed by atoms with E-state index < -0.39 is 0 Å². The lowest BCUT2D eigenvalue weighted by Gasteiger charge is -2.04. The van der Waals surface area contributed by atoms with Crippen molar-refractivity contribution in [3.05, 3.63) is 29.7 Å². The summed E-state index contributed by atoms with van der Waals surface area (Å²) in [6.07, 6.45) is 5.74. The molecule has 0 saturated carbocycles. The molecule has 3 heterocycles. The van der Waals surface area contributed by atoms with E-state index >= 15 is 0 Å². The van der Waals surface area contributed by atoms with Crippen molar-refractivity contribution >= 4 is 11.3 Å². The van der Waals surface area contributed by atoms with Gasteiger partial charge in [0, 0.05) is 11.6 Å². The minimum absolute atomic E-state index is 0.437. The van der Waals surface area contributed by atoms with Gasteiger partial charge in [-0.1, -0.05) is 0 Å². The highest BCUT2D eigenvalue weighted by molar-refractivity contribution is 7.13. The quantitative estimate of drug-likeness (QED) is 0.860. The van der Waals surface area contributed by atoms with Crippen LogP contribution in [-0.4, -0.2) is 21.5 Å². The summed E-state index contributed by atoms with van der Waals surface area (Å²) in [5.74, 6) is 0. The molecule has 1 aliphatic rings. The number of nitrogens with one attached hydrogen (secondary N) is 1. The second-order valence-electron chi connectivity index (χ2n) is 3.82. The molecule has 1 aliphatic heterocycles. The molecule has 2 aromatic heterocycles. The van der Waals surface area contributed by atoms with Gasteiger partial charge in [-0.15, -0.1) is 11.3 Å². The highest BCUT2D eigenvalue weighted by Crippen LogP contribution is 2.28. The van der Waals surface area contributed by atoms with Gasteiger partial charge in [-0.3, -0.25) is 0 Å². The number of rotatable bonds is 2. The van der Waals surface area contributed by atoms with Gasteiger partial charge in [0.05, 0.1) is 11.7 Å². The SMILES string of the molecule is c1cc(-c2nc(C3CCCN3)cs2)ncn1. The van der Waals surface area contributed by atoms with Gasteiger partial charge in [-0.25, -0.2) is 15.0 Å². The molecule has 2 aromatic rings. The Balaban J connectivity index is 1.87. The van der Waals surface area contributed by atoms with E-state index in [-0.39, 0.29) is 0 Å². The Hall–Kier alpha value is -1.33. The van der Waals surface area contributed by atoms with Crippen LogP contribution in [0.5, 0.6) is 0 Å². The summed E-state index contributed by atoms with van der Waals surface area (Å²) < 4.78 is 0. The van der Waals surface area contributed by atoms with Crippen LogP contribution in [-0.2, 0) is 0 Å². The Morgan fingerprint density at radius 2 is 2.44 bits per heavy atom. The molecular weight excluding hydrogens is 220 g/mol. The first-order chi connectivity index (χ1) is 7.93. The number of hydrogen-bond donors (Lipinski definition) is 1. The molecule has 1 saturated heterocycles. The largest absolute Gasteiger partial charge is 0.309 e. The molecule has 0 amide bonds. The lowest BCUT2D eigenvalue weighted by atomic mass is 10.2. The van der Waals surface area contributed by atoms with Crippen LogP contribution < -0.4 is 5.32 Å². The summed E-state index contributed by atoms with van der Waals surface area (Å²) in [5, 5.41) is 6.55. The van der Waals surface area contributed by atoms with Crippen LogP contribution >= 0.6 is 11.3 Å². The van der Waals surface area contributed by atoms with E-state index in [0.717, 1.165) is 22.9 Å². The first-order valence-corrected chi connectivity index (χ1v) is 6.26. The predicted molar refractivity (Wildman–Crippen MR) is 63.1 cm³/mol. The van der Waals surface area contributed by atoms with Crippen molar-refractivity contribution in [2.45, 2.75) is 18.9 Å². The standard InChI is InChI=1S/C11H12N4S/c1-2-8(13-4-1)10-6-16-11(15-10)9-3-5-12-7-14-9/h3,5-8,13H,1-2,4H2. The maximum Gasteiger partial charge on any atom is 0.142 e. The topological polar surface area (TPSA) is 50.7 Å². The van der Waals surface area contributed by atoms with E-state index in [1.807, 2.05) is 6.07 Å². The van der Waals surface area contributed by atoms with Crippen molar-refractivity contribution in [1.29, 1.82) is 0 Å². The molecule has 0 bridgehead atoms. The highest BCUT2D eigenvalue weighted by Gasteiger charge is 2.19. The van der Waals surface area contributed by atoms with Gasteiger partial charge in [0.15, 0.2) is 0 Å². The number of aromatic nitrogens is 3. The van der Waals surface area contributed by atoms with Crippen molar-refractivity contribution in [2.24, 2.45) is 0 Å². The maximum absolute atomic E-state index is 4.63. The van der Waals surface area contributed by atoms with Gasteiger partial charge >= 0.3 is 0 Å². The van der Waals surface area contributed by atoms with Crippen LogP contribution in [0.3, 0.4) is 0 Å². The molecule has 4 nitrogen and oxygen atoms in total. The van der Waals surface area contributed by atoms with Gasteiger partial charge in [0.1, 0.15) is 17.0 Å². The molecule has 0 spiro atoms. The number of hydrogen-bond acceptors (Lipinski definition) is 5. The second-order valence-corrected chi connectivity index (χ2v) is 4.68. The van der Waals surface area contributed by atoms with Crippen LogP contribution in [0.25, 0.3) is 10.7 Å². The van der Waals surface area contributed by atoms with Crippen molar-refractivity contribution in [2.75, 3.05) is 6.54 Å². The third-order valence-corrected chi connectivity index (χ3v) is 3.62. The fraction of sp³-hybridized carbons (Fsp3) is 0.364. The van der Waals surface area contributed by atoms with Crippen LogP contribution in [0, 0.1) is 0 Å². The van der Waals surface area contributed by atoms with Crippen molar-refractivity contribution < 1.29 is 0 Å². The van der Waals surface area contributed by atoms with E-state index in [9.17, 15) is 0 Å². The van der Waals surface area contributed by atoms with E-state index in [1.54, 1.807) is 23.9 Å². The average molecular weight is 232 g/mol. The molecule has 0 radical (unpaired) electrons. The fourth-order valence-electron chi connectivity index (χ4n) is 1.92. The zero-order valence-electron chi connectivity index (χ0n) is 8.76. The molecule has 1 unspecified atom stereocenters. The first-order valence-electron chi connectivity index (χ1n) is 5.39. The zero-order valence-corrected chi connectivity index (χ0v) is 9.57. The Kier molecular flexibility index (Phi) is 2.63. The minimum atomic E-state index is 0.437. The summed E-state index contributed by atoms with van der Waals surface area (Å²) >= 11 is 1.65. The van der Waals surface area contributed by atoms with Gasteiger partial charge in [-0.05, 0) is 25.5 Å². The third kappa shape index (κ3) is 1.83. The van der Waals surface area contributed by atoms with Gasteiger partial charge in [0.2, 0.25) is 0 Å². The first kappa shape index (κ1) is 9.86. The van der Waals surface area contributed by atoms with E-state index in [0.29, 0.717) is 6.04 Å². The molecule has 1 N–H and O–H groups in total. The normalized spacial score (nSPS) is 20.1. The van der Waals surface area contributed by atoms with Crippen LogP contribution in [0.1, 0.15) is 24.6 Å². The van der Waals surface area contributed by atoms with E-state index in [1.165, 1.54) is 12.8 Å². The smallest absolute Gasteiger partial charge is 0.142 e. The monoisotopic (exact) mass is 232 g/mol. The second kappa shape index (κ2) is 4.27. The summed E-state index contributed by atoms with van der Waals surface area (Å²) in [6, 6.07) is 2.33. The molecule has 3 rings (SSSR count). The van der Waals surface area contributed by atoms with Crippen molar-refractivity contribution in [3.8, 4) is 10.7 Å². The summed E-state index contributed by atoms with van der Waals surface area (Å²) in [7, 11) is 0. The highest BCUT2D eigenvalue weighted by atomic mass is 32.1. The minimum Gasteiger partial charge on any atom is -0.309 e. The molecule has 5 heteroatoms. The lowest BCUT2D eigenvalue weighted by molar-refractivity contribution is 0.632. The van der Waals surface area contributed by atoms with Crippen molar-refractivity contribution in [3.63, 3.8) is 0 Å². The fourth-order valence-corrected chi connectivity index (χ4v) is 2.77. The van der Waals surface area contributed by atoms with Crippen LogP contribution in [0.15, 0.2) is 24.0 Å². The maximum atomic E-state index is 4.63. The summed E-state index contributed by atoms with van der Waals surface area (Å²) in [4.78, 5) is 12.7. The van der Waals surface area contributed by atoms with Crippen molar-refractivity contribution in [1.82, 2.24) is 20.3 Å². The van der Waals surface area contributed by atoms with Gasteiger partial charge in [0.25, 0.3) is 0 Å². The Morgan fingerprint density at radius 3 is 3.19 bits per heavy atom. The average Bonchev–Trinajstić information content (AvgIpc) is 3.01. The number of thiazole rings is 1. The predicted octanol–water partition coefficient (Wildman–Crippen LogP) is 2.02. The molecule has 1 fully saturated rings. The molecule has 16 heavy (non-hydrogen) atoms.